The summed E-state index contributed by atoms with van der Waals surface area (Å²) < 4.78 is 32.3. The van der Waals surface area contributed by atoms with Crippen LogP contribution < -0.4 is 10.1 Å². The topological polar surface area (TPSA) is 116 Å². The Kier molecular flexibility index (Phi) is 5.80. The molecule has 0 aliphatic carbocycles. The summed E-state index contributed by atoms with van der Waals surface area (Å²) in [4.78, 5) is 17.6. The van der Waals surface area contributed by atoms with Crippen molar-refractivity contribution in [3.8, 4) is 17.3 Å². The highest BCUT2D eigenvalue weighted by atomic mass is 79.9. The number of benzene rings is 1. The van der Waals surface area contributed by atoms with Crippen LogP contribution in [0.3, 0.4) is 0 Å². The maximum absolute atomic E-state index is 13.0. The second-order valence-electron chi connectivity index (χ2n) is 7.31. The molecule has 0 fully saturated rings. The number of hydrogen-bond acceptors (Lipinski definition) is 7. The first-order valence-electron chi connectivity index (χ1n) is 9.58. The van der Waals surface area contributed by atoms with E-state index in [4.69, 9.17) is 4.74 Å². The molecule has 0 spiro atoms. The summed E-state index contributed by atoms with van der Waals surface area (Å²) in [5.74, 6) is 0.679. The Labute approximate surface area is 187 Å². The molecular weight excluding hydrogens is 486 g/mol. The molecule has 1 aliphatic heterocycles. The van der Waals surface area contributed by atoms with E-state index < -0.39 is 15.7 Å². The van der Waals surface area contributed by atoms with Gasteiger partial charge in [0.15, 0.2) is 15.7 Å². The Hall–Kier alpha value is -2.79. The van der Waals surface area contributed by atoms with Crippen molar-refractivity contribution in [2.24, 2.45) is 0 Å². The number of sulfone groups is 1. The smallest absolute Gasteiger partial charge is 0.260 e. The van der Waals surface area contributed by atoms with Gasteiger partial charge < -0.3 is 14.6 Å². The van der Waals surface area contributed by atoms with Crippen molar-refractivity contribution in [3.63, 3.8) is 0 Å². The van der Waals surface area contributed by atoms with Crippen molar-refractivity contribution in [3.05, 3.63) is 46.7 Å². The highest BCUT2D eigenvalue weighted by molar-refractivity contribution is 9.10. The summed E-state index contributed by atoms with van der Waals surface area (Å²) in [6, 6.07) is 8.17. The lowest BCUT2D eigenvalue weighted by molar-refractivity contribution is 0.102. The standard InChI is InChI=1S/C20H20BrN5O4S/c1-12-5-4-8-30-16-10-17(31(2,28)29)14(21)9-13(16)20(27)24-18-7-3-6-15(23-18)19-25-22-11-26(12)19/h3,6-7,9-12H,4-5,8H2,1-2H3,(H,23,24,27). The number of ether oxygens (including phenoxy) is 1. The number of rotatable bonds is 1. The van der Waals surface area contributed by atoms with Crippen molar-refractivity contribution in [2.45, 2.75) is 30.7 Å². The van der Waals surface area contributed by atoms with Crippen molar-refractivity contribution in [1.82, 2.24) is 19.7 Å². The van der Waals surface area contributed by atoms with Gasteiger partial charge in [0.2, 0.25) is 0 Å². The molecule has 0 saturated heterocycles. The molecule has 4 rings (SSSR count). The lowest BCUT2D eigenvalue weighted by Gasteiger charge is -2.18. The molecule has 9 nitrogen and oxygen atoms in total. The van der Waals surface area contributed by atoms with E-state index in [-0.39, 0.29) is 26.7 Å². The van der Waals surface area contributed by atoms with Gasteiger partial charge in [-0.1, -0.05) is 6.07 Å². The van der Waals surface area contributed by atoms with Crippen LogP contribution in [0.1, 0.15) is 36.2 Å². The van der Waals surface area contributed by atoms with Crippen molar-refractivity contribution in [1.29, 1.82) is 0 Å². The van der Waals surface area contributed by atoms with Gasteiger partial charge in [-0.3, -0.25) is 4.79 Å². The molecule has 1 aromatic carbocycles. The lowest BCUT2D eigenvalue weighted by atomic mass is 10.1. The number of carbonyl (C=O) groups excluding carboxylic acids is 1. The van der Waals surface area contributed by atoms with Gasteiger partial charge in [0, 0.05) is 22.8 Å². The number of carbonyl (C=O) groups is 1. The Morgan fingerprint density at radius 1 is 1.29 bits per heavy atom. The number of hydrogen-bond donors (Lipinski definition) is 1. The molecule has 162 valence electrons. The lowest BCUT2D eigenvalue weighted by Crippen LogP contribution is -2.17. The second-order valence-corrected chi connectivity index (χ2v) is 10.2. The monoisotopic (exact) mass is 505 g/mol. The van der Waals surface area contributed by atoms with Gasteiger partial charge in [-0.2, -0.15) is 0 Å². The van der Waals surface area contributed by atoms with E-state index in [0.717, 1.165) is 12.7 Å². The minimum Gasteiger partial charge on any atom is -0.493 e. The molecule has 1 aliphatic rings. The average Bonchev–Trinajstić information content (AvgIpc) is 3.20. The van der Waals surface area contributed by atoms with E-state index in [1.54, 1.807) is 24.5 Å². The molecule has 1 atom stereocenters. The maximum Gasteiger partial charge on any atom is 0.260 e. The van der Waals surface area contributed by atoms with Gasteiger partial charge >= 0.3 is 0 Å². The molecular formula is C20H20BrN5O4S. The van der Waals surface area contributed by atoms with Crippen LogP contribution >= 0.6 is 15.9 Å². The highest BCUT2D eigenvalue weighted by Crippen LogP contribution is 2.32. The summed E-state index contributed by atoms with van der Waals surface area (Å²) in [5, 5.41) is 11.0. The molecule has 2 aromatic heterocycles. The first-order chi connectivity index (χ1) is 14.7. The zero-order valence-electron chi connectivity index (χ0n) is 16.9. The number of anilines is 1. The Bertz CT molecular complexity index is 1260. The Morgan fingerprint density at radius 3 is 2.87 bits per heavy atom. The fourth-order valence-corrected chi connectivity index (χ4v) is 5.34. The molecule has 3 aromatic rings. The predicted molar refractivity (Wildman–Crippen MR) is 118 cm³/mol. The highest BCUT2D eigenvalue weighted by Gasteiger charge is 2.22. The van der Waals surface area contributed by atoms with Gasteiger partial charge in [-0.15, -0.1) is 10.2 Å². The normalized spacial score (nSPS) is 17.0. The predicted octanol–water partition coefficient (Wildman–Crippen LogP) is 3.49. The molecule has 1 amide bonds. The second kappa shape index (κ2) is 8.39. The summed E-state index contributed by atoms with van der Waals surface area (Å²) in [6.07, 6.45) is 4.21. The third-order valence-corrected chi connectivity index (χ3v) is 7.02. The van der Waals surface area contributed by atoms with Crippen LogP contribution in [0.5, 0.6) is 5.75 Å². The first-order valence-corrected chi connectivity index (χ1v) is 12.3. The quantitative estimate of drug-likeness (QED) is 0.537. The van der Waals surface area contributed by atoms with Crippen molar-refractivity contribution in [2.75, 3.05) is 18.2 Å². The first kappa shape index (κ1) is 21.4. The Balaban J connectivity index is 1.80. The van der Waals surface area contributed by atoms with E-state index in [2.05, 4.69) is 43.4 Å². The summed E-state index contributed by atoms with van der Waals surface area (Å²) >= 11 is 3.26. The van der Waals surface area contributed by atoms with E-state index >= 15 is 0 Å². The van der Waals surface area contributed by atoms with Gasteiger partial charge in [-0.05, 0) is 53.9 Å². The number of halogens is 1. The van der Waals surface area contributed by atoms with Crippen LogP contribution in [0.15, 0.2) is 46.0 Å². The van der Waals surface area contributed by atoms with Crippen LogP contribution in [0.2, 0.25) is 0 Å². The van der Waals surface area contributed by atoms with E-state index in [0.29, 0.717) is 30.4 Å². The molecule has 0 saturated carbocycles. The summed E-state index contributed by atoms with van der Waals surface area (Å²) in [7, 11) is -3.51. The molecule has 1 unspecified atom stereocenters. The minimum absolute atomic E-state index is 0.0581. The largest absolute Gasteiger partial charge is 0.493 e. The zero-order valence-corrected chi connectivity index (χ0v) is 19.3. The minimum atomic E-state index is -3.51. The molecule has 3 heterocycles. The van der Waals surface area contributed by atoms with Crippen LogP contribution in [-0.4, -0.2) is 46.9 Å². The third-order valence-electron chi connectivity index (χ3n) is 4.97. The van der Waals surface area contributed by atoms with Crippen LogP contribution in [0, 0.1) is 0 Å². The van der Waals surface area contributed by atoms with E-state index in [9.17, 15) is 13.2 Å². The molecule has 1 N–H and O–H groups in total. The summed E-state index contributed by atoms with van der Waals surface area (Å²) in [6.45, 7) is 2.37. The maximum atomic E-state index is 13.0. The van der Waals surface area contributed by atoms with E-state index in [1.165, 1.54) is 12.1 Å². The number of nitrogens with zero attached hydrogens (tertiary/aromatic N) is 4. The fraction of sp³-hybridized carbons (Fsp3) is 0.300. The molecule has 11 heteroatoms. The van der Waals surface area contributed by atoms with Gasteiger partial charge in [-0.25, -0.2) is 13.4 Å². The average molecular weight is 506 g/mol. The van der Waals surface area contributed by atoms with Crippen LogP contribution in [0.4, 0.5) is 5.82 Å². The van der Waals surface area contributed by atoms with Crippen molar-refractivity contribution >= 4 is 37.5 Å². The number of amides is 1. The fourth-order valence-electron chi connectivity index (χ4n) is 3.38. The van der Waals surface area contributed by atoms with Crippen LogP contribution in [-0.2, 0) is 9.84 Å². The number of pyridine rings is 1. The van der Waals surface area contributed by atoms with Gasteiger partial charge in [0.1, 0.15) is 23.6 Å². The third kappa shape index (κ3) is 4.47. The van der Waals surface area contributed by atoms with Gasteiger partial charge in [0.25, 0.3) is 5.91 Å². The van der Waals surface area contributed by atoms with Gasteiger partial charge in [0.05, 0.1) is 17.1 Å². The number of nitrogens with one attached hydrogen (secondary N) is 1. The van der Waals surface area contributed by atoms with Crippen LogP contribution in [0.25, 0.3) is 11.5 Å². The number of aromatic nitrogens is 4. The van der Waals surface area contributed by atoms with E-state index in [1.807, 2.05) is 4.57 Å². The molecule has 2 bridgehead atoms. The SMILES string of the molecule is CC1CCCOc2cc(S(C)(=O)=O)c(Br)cc2C(=O)Nc2cccc(n2)-c2nncn21. The summed E-state index contributed by atoms with van der Waals surface area (Å²) in [5.41, 5.74) is 0.795. The van der Waals surface area contributed by atoms with Crippen molar-refractivity contribution < 1.29 is 17.9 Å². The Morgan fingerprint density at radius 2 is 2.10 bits per heavy atom. The molecule has 31 heavy (non-hydrogen) atoms. The number of fused-ring (bicyclic) bond motifs is 5. The zero-order chi connectivity index (χ0) is 22.2. The molecule has 0 radical (unpaired) electrons.